The van der Waals surface area contributed by atoms with Crippen LogP contribution >= 0.6 is 35.3 Å². The van der Waals surface area contributed by atoms with Crippen molar-refractivity contribution in [3.8, 4) is 5.75 Å². The van der Waals surface area contributed by atoms with Crippen LogP contribution in [0.2, 0.25) is 0 Å². The first-order valence-corrected chi connectivity index (χ1v) is 9.93. The molecule has 0 saturated carbocycles. The van der Waals surface area contributed by atoms with Gasteiger partial charge < -0.3 is 20.1 Å². The van der Waals surface area contributed by atoms with Gasteiger partial charge in [0.15, 0.2) is 5.96 Å². The van der Waals surface area contributed by atoms with E-state index in [0.717, 1.165) is 34.4 Å². The van der Waals surface area contributed by atoms with Crippen LogP contribution in [0.15, 0.2) is 23.2 Å². The van der Waals surface area contributed by atoms with Crippen molar-refractivity contribution in [1.82, 2.24) is 15.6 Å². The first kappa shape index (κ1) is 24.6. The summed E-state index contributed by atoms with van der Waals surface area (Å²) in [4.78, 5) is 10.0. The van der Waals surface area contributed by atoms with E-state index in [2.05, 4.69) is 45.7 Å². The van der Waals surface area contributed by atoms with E-state index < -0.39 is 0 Å². The van der Waals surface area contributed by atoms with Gasteiger partial charge in [-0.3, -0.25) is 4.99 Å². The molecular weight excluding hydrogens is 487 g/mol. The van der Waals surface area contributed by atoms with Crippen molar-refractivity contribution in [2.45, 2.75) is 40.3 Å². The molecule has 8 heteroatoms. The number of aromatic nitrogens is 1. The number of methoxy groups -OCH3 is 1. The maximum atomic E-state index is 5.95. The maximum Gasteiger partial charge on any atom is 0.191 e. The minimum atomic E-state index is 0. The molecule has 0 bridgehead atoms. The van der Waals surface area contributed by atoms with Crippen LogP contribution in [-0.2, 0) is 17.8 Å². The van der Waals surface area contributed by atoms with Crippen molar-refractivity contribution in [3.63, 3.8) is 0 Å². The molecule has 2 aromatic rings. The van der Waals surface area contributed by atoms with Crippen LogP contribution in [0.5, 0.6) is 5.75 Å². The average Bonchev–Trinajstić information content (AvgIpc) is 2.97. The number of aryl methyl sites for hydroxylation is 3. The van der Waals surface area contributed by atoms with E-state index in [1.165, 1.54) is 10.4 Å². The molecule has 28 heavy (non-hydrogen) atoms. The van der Waals surface area contributed by atoms with Crippen LogP contribution in [0.1, 0.15) is 33.1 Å². The molecule has 2 rings (SSSR count). The predicted octanol–water partition coefficient (Wildman–Crippen LogP) is 3.97. The van der Waals surface area contributed by atoms with E-state index in [1.54, 1.807) is 25.5 Å². The molecule has 1 heterocycles. The third-order valence-corrected chi connectivity index (χ3v) is 5.13. The normalized spacial score (nSPS) is 11.1. The fourth-order valence-electron chi connectivity index (χ4n) is 2.63. The highest BCUT2D eigenvalue weighted by molar-refractivity contribution is 14.0. The van der Waals surface area contributed by atoms with Gasteiger partial charge in [-0.1, -0.05) is 12.1 Å². The van der Waals surface area contributed by atoms with E-state index >= 15 is 0 Å². The topological polar surface area (TPSA) is 67.8 Å². The zero-order valence-electron chi connectivity index (χ0n) is 17.3. The maximum absolute atomic E-state index is 5.95. The van der Waals surface area contributed by atoms with Gasteiger partial charge in [-0.2, -0.15) is 0 Å². The van der Waals surface area contributed by atoms with Crippen LogP contribution in [0.3, 0.4) is 0 Å². The summed E-state index contributed by atoms with van der Waals surface area (Å²) in [5.41, 5.74) is 3.36. The summed E-state index contributed by atoms with van der Waals surface area (Å²) in [6.45, 7) is 8.83. The third kappa shape index (κ3) is 7.92. The molecule has 1 aromatic heterocycles. The van der Waals surface area contributed by atoms with Gasteiger partial charge in [0.25, 0.3) is 0 Å². The molecule has 6 nitrogen and oxygen atoms in total. The zero-order chi connectivity index (χ0) is 19.6. The Morgan fingerprint density at radius 2 is 1.89 bits per heavy atom. The number of rotatable bonds is 9. The van der Waals surface area contributed by atoms with Crippen molar-refractivity contribution in [1.29, 1.82) is 0 Å². The van der Waals surface area contributed by atoms with Crippen LogP contribution in [-0.4, -0.2) is 38.3 Å². The van der Waals surface area contributed by atoms with Gasteiger partial charge in [-0.05, 0) is 32.4 Å². The highest BCUT2D eigenvalue weighted by Crippen LogP contribution is 2.21. The summed E-state index contributed by atoms with van der Waals surface area (Å²) < 4.78 is 11.0. The average molecular weight is 518 g/mol. The Balaban J connectivity index is 0.00000392. The summed E-state index contributed by atoms with van der Waals surface area (Å²) in [6.07, 6.45) is 0.869. The minimum Gasteiger partial charge on any atom is -0.493 e. The van der Waals surface area contributed by atoms with E-state index in [1.807, 2.05) is 13.8 Å². The number of hydrogen-bond donors (Lipinski definition) is 2. The summed E-state index contributed by atoms with van der Waals surface area (Å²) in [5.74, 6) is 1.66. The van der Waals surface area contributed by atoms with Crippen molar-refractivity contribution in [2.75, 3.05) is 27.4 Å². The summed E-state index contributed by atoms with van der Waals surface area (Å²) >= 11 is 1.71. The highest BCUT2D eigenvalue weighted by atomic mass is 127. The Morgan fingerprint density at radius 3 is 2.54 bits per heavy atom. The Bertz CT molecular complexity index is 765. The highest BCUT2D eigenvalue weighted by Gasteiger charge is 2.08. The Morgan fingerprint density at radius 1 is 1.14 bits per heavy atom. The molecule has 0 aliphatic rings. The number of nitrogens with one attached hydrogen (secondary N) is 2. The van der Waals surface area contributed by atoms with Crippen LogP contribution < -0.4 is 15.4 Å². The number of thiazole rings is 1. The van der Waals surface area contributed by atoms with Crippen molar-refractivity contribution in [2.24, 2.45) is 4.99 Å². The van der Waals surface area contributed by atoms with Gasteiger partial charge in [0.1, 0.15) is 5.75 Å². The largest absolute Gasteiger partial charge is 0.493 e. The first-order valence-electron chi connectivity index (χ1n) is 9.12. The Hall–Kier alpha value is -1.39. The van der Waals surface area contributed by atoms with Crippen molar-refractivity contribution < 1.29 is 9.47 Å². The molecule has 0 unspecified atom stereocenters. The first-order chi connectivity index (χ1) is 13.0. The van der Waals surface area contributed by atoms with Gasteiger partial charge in [0.2, 0.25) is 0 Å². The zero-order valence-corrected chi connectivity index (χ0v) is 20.4. The van der Waals surface area contributed by atoms with E-state index in [-0.39, 0.29) is 24.0 Å². The molecule has 0 spiro atoms. The van der Waals surface area contributed by atoms with Crippen molar-refractivity contribution in [3.05, 3.63) is 44.9 Å². The SMILES string of the molecule is CN=C(NCc1ccc(C)cc1OCCCOC)NCc1sc(C)nc1C.I. The molecular formula is C20H31IN4O2S. The molecule has 2 N–H and O–H groups in total. The molecule has 1 aromatic carbocycles. The number of halogens is 1. The van der Waals surface area contributed by atoms with Crippen LogP contribution in [0, 0.1) is 20.8 Å². The monoisotopic (exact) mass is 518 g/mol. The summed E-state index contributed by atoms with van der Waals surface area (Å²) in [5, 5.41) is 7.80. The third-order valence-electron chi connectivity index (χ3n) is 4.06. The minimum absolute atomic E-state index is 0. The second-order valence-electron chi connectivity index (χ2n) is 6.33. The Kier molecular flexibility index (Phi) is 11.4. The lowest BCUT2D eigenvalue weighted by atomic mass is 10.1. The van der Waals surface area contributed by atoms with E-state index in [0.29, 0.717) is 26.3 Å². The smallest absolute Gasteiger partial charge is 0.191 e. The van der Waals surface area contributed by atoms with Gasteiger partial charge in [-0.15, -0.1) is 35.3 Å². The lowest BCUT2D eigenvalue weighted by Gasteiger charge is -2.15. The molecule has 0 atom stereocenters. The number of guanidine groups is 1. The van der Waals surface area contributed by atoms with Gasteiger partial charge in [0, 0.05) is 44.2 Å². The molecule has 0 amide bonds. The summed E-state index contributed by atoms with van der Waals surface area (Å²) in [7, 11) is 3.48. The Labute approximate surface area is 189 Å². The van der Waals surface area contributed by atoms with E-state index in [4.69, 9.17) is 9.47 Å². The molecule has 156 valence electrons. The fourth-order valence-corrected chi connectivity index (χ4v) is 3.51. The van der Waals surface area contributed by atoms with Gasteiger partial charge in [-0.25, -0.2) is 4.98 Å². The lowest BCUT2D eigenvalue weighted by Crippen LogP contribution is -2.36. The number of benzene rings is 1. The van der Waals surface area contributed by atoms with Crippen LogP contribution in [0.25, 0.3) is 0 Å². The second-order valence-corrected chi connectivity index (χ2v) is 7.61. The van der Waals surface area contributed by atoms with E-state index in [9.17, 15) is 0 Å². The fraction of sp³-hybridized carbons (Fsp3) is 0.500. The van der Waals surface area contributed by atoms with Gasteiger partial charge >= 0.3 is 0 Å². The second kappa shape index (κ2) is 12.9. The standard InChI is InChI=1S/C20H30N4O2S.HI/c1-14-7-8-17(18(11-14)26-10-6-9-25-5)12-22-20(21-4)23-13-19-15(2)24-16(3)27-19;/h7-8,11H,6,9-10,12-13H2,1-5H3,(H2,21,22,23);1H. The van der Waals surface area contributed by atoms with Gasteiger partial charge in [0.05, 0.1) is 23.9 Å². The number of aliphatic imine (C=N–C) groups is 1. The number of ether oxygens (including phenoxy) is 2. The molecule has 0 saturated heterocycles. The lowest BCUT2D eigenvalue weighted by molar-refractivity contribution is 0.171. The van der Waals surface area contributed by atoms with Crippen molar-refractivity contribution >= 4 is 41.3 Å². The molecule has 0 radical (unpaired) electrons. The molecule has 0 fully saturated rings. The number of nitrogens with zero attached hydrogens (tertiary/aromatic N) is 2. The predicted molar refractivity (Wildman–Crippen MR) is 127 cm³/mol. The number of hydrogen-bond acceptors (Lipinski definition) is 5. The molecule has 0 aliphatic carbocycles. The van der Waals surface area contributed by atoms with Crippen LogP contribution in [0.4, 0.5) is 0 Å². The molecule has 0 aliphatic heterocycles. The summed E-state index contributed by atoms with van der Waals surface area (Å²) in [6, 6.07) is 6.26. The quantitative estimate of drug-likeness (QED) is 0.228.